The highest BCUT2D eigenvalue weighted by atomic mass is 16.5. The van der Waals surface area contributed by atoms with E-state index in [2.05, 4.69) is 10.3 Å². The van der Waals surface area contributed by atoms with Crippen molar-refractivity contribution >= 4 is 17.6 Å². The maximum absolute atomic E-state index is 12.6. The molecule has 3 N–H and O–H groups in total. The second-order valence-corrected chi connectivity index (χ2v) is 5.68. The van der Waals surface area contributed by atoms with Crippen molar-refractivity contribution in [1.29, 1.82) is 0 Å². The second-order valence-electron chi connectivity index (χ2n) is 5.68. The molecule has 1 amide bonds. The molecule has 7 nitrogen and oxygen atoms in total. The Bertz CT molecular complexity index is 1060. The number of rotatable bonds is 5. The molecule has 0 saturated carbocycles. The molecule has 7 heteroatoms. The van der Waals surface area contributed by atoms with Crippen molar-refractivity contribution in [2.24, 2.45) is 0 Å². The summed E-state index contributed by atoms with van der Waals surface area (Å²) in [6.07, 6.45) is 0. The van der Waals surface area contributed by atoms with Crippen molar-refractivity contribution in [1.82, 2.24) is 4.98 Å². The molecule has 3 rings (SSSR count). The quantitative estimate of drug-likeness (QED) is 0.645. The first kappa shape index (κ1) is 17.9. The number of nitrogens with one attached hydrogen (secondary N) is 2. The number of pyridine rings is 1. The Balaban J connectivity index is 1.95. The minimum absolute atomic E-state index is 0.106. The molecule has 0 saturated heterocycles. The van der Waals surface area contributed by atoms with Gasteiger partial charge in [-0.05, 0) is 29.8 Å². The van der Waals surface area contributed by atoms with Crippen LogP contribution >= 0.6 is 0 Å². The van der Waals surface area contributed by atoms with E-state index in [1.165, 1.54) is 31.4 Å². The van der Waals surface area contributed by atoms with Gasteiger partial charge in [-0.15, -0.1) is 0 Å². The molecular formula is C20H16N2O5. The lowest BCUT2D eigenvalue weighted by Crippen LogP contribution is -2.18. The highest BCUT2D eigenvalue weighted by Gasteiger charge is 2.16. The van der Waals surface area contributed by atoms with Gasteiger partial charge < -0.3 is 20.1 Å². The summed E-state index contributed by atoms with van der Waals surface area (Å²) in [5.74, 6) is -1.45. The molecule has 0 aliphatic heterocycles. The van der Waals surface area contributed by atoms with Crippen LogP contribution < -0.4 is 15.6 Å². The molecular weight excluding hydrogens is 348 g/mol. The third kappa shape index (κ3) is 4.04. The van der Waals surface area contributed by atoms with E-state index >= 15 is 0 Å². The Morgan fingerprint density at radius 1 is 1.04 bits per heavy atom. The number of amides is 1. The first-order valence-electron chi connectivity index (χ1n) is 8.00. The number of benzene rings is 2. The molecule has 136 valence electrons. The van der Waals surface area contributed by atoms with Gasteiger partial charge in [0.15, 0.2) is 0 Å². The Kier molecular flexibility index (Phi) is 5.03. The van der Waals surface area contributed by atoms with Crippen LogP contribution in [0.2, 0.25) is 0 Å². The highest BCUT2D eigenvalue weighted by Crippen LogP contribution is 2.23. The van der Waals surface area contributed by atoms with Gasteiger partial charge in [-0.25, -0.2) is 4.79 Å². The summed E-state index contributed by atoms with van der Waals surface area (Å²) in [4.78, 5) is 38.7. The fourth-order valence-corrected chi connectivity index (χ4v) is 2.58. The summed E-state index contributed by atoms with van der Waals surface area (Å²) >= 11 is 0. The average Bonchev–Trinajstić information content (AvgIpc) is 2.68. The number of methoxy groups -OCH3 is 1. The molecule has 0 unspecified atom stereocenters. The van der Waals surface area contributed by atoms with E-state index in [0.717, 1.165) is 11.6 Å². The van der Waals surface area contributed by atoms with Gasteiger partial charge in [-0.2, -0.15) is 0 Å². The van der Waals surface area contributed by atoms with E-state index in [4.69, 9.17) is 4.74 Å². The lowest BCUT2D eigenvalue weighted by atomic mass is 10.1. The second kappa shape index (κ2) is 7.57. The Morgan fingerprint density at radius 3 is 2.44 bits per heavy atom. The fourth-order valence-electron chi connectivity index (χ4n) is 2.58. The number of aromatic nitrogens is 1. The van der Waals surface area contributed by atoms with Crippen LogP contribution in [0.1, 0.15) is 20.7 Å². The number of carbonyl (C=O) groups excluding carboxylic acids is 1. The van der Waals surface area contributed by atoms with Crippen LogP contribution in [0, 0.1) is 0 Å². The number of carboxylic acid groups (broad SMARTS) is 1. The number of hydrogen-bond acceptors (Lipinski definition) is 4. The SMILES string of the molecule is COc1ccc(NC(=O)c2cc(-c3ccccc3)[nH]c(=O)c2)c(C(=O)O)c1. The van der Waals surface area contributed by atoms with E-state index in [9.17, 15) is 19.5 Å². The summed E-state index contributed by atoms with van der Waals surface area (Å²) in [5.41, 5.74) is 0.909. The Hall–Kier alpha value is -3.87. The van der Waals surface area contributed by atoms with Crippen molar-refractivity contribution in [3.05, 3.63) is 82.1 Å². The molecule has 27 heavy (non-hydrogen) atoms. The standard InChI is InChI=1S/C20H16N2O5/c1-27-14-7-8-16(15(11-14)20(25)26)22-19(24)13-9-17(21-18(23)10-13)12-5-3-2-4-6-12/h2-11H,1H3,(H,21,23)(H,22,24)(H,25,26). The summed E-state index contributed by atoms with van der Waals surface area (Å²) < 4.78 is 5.01. The Morgan fingerprint density at radius 2 is 1.78 bits per heavy atom. The zero-order chi connectivity index (χ0) is 19.4. The predicted molar refractivity (Wildman–Crippen MR) is 100 cm³/mol. The average molecular weight is 364 g/mol. The van der Waals surface area contributed by atoms with Crippen LogP contribution in [-0.2, 0) is 0 Å². The van der Waals surface area contributed by atoms with Gasteiger partial charge in [0, 0.05) is 17.3 Å². The number of aromatic carboxylic acids is 1. The lowest BCUT2D eigenvalue weighted by Gasteiger charge is -2.11. The minimum Gasteiger partial charge on any atom is -0.497 e. The third-order valence-corrected chi connectivity index (χ3v) is 3.90. The van der Waals surface area contributed by atoms with Crippen LogP contribution in [0.15, 0.2) is 65.5 Å². The summed E-state index contributed by atoms with van der Waals surface area (Å²) in [7, 11) is 1.42. The number of carboxylic acids is 1. The summed E-state index contributed by atoms with van der Waals surface area (Å²) in [6.45, 7) is 0. The number of anilines is 1. The summed E-state index contributed by atoms with van der Waals surface area (Å²) in [5, 5.41) is 11.9. The van der Waals surface area contributed by atoms with Crippen LogP contribution in [0.5, 0.6) is 5.75 Å². The molecule has 0 fully saturated rings. The molecule has 0 spiro atoms. The van der Waals surface area contributed by atoms with Gasteiger partial charge >= 0.3 is 5.97 Å². The molecule has 1 heterocycles. The van der Waals surface area contributed by atoms with Crippen LogP contribution in [0.4, 0.5) is 5.69 Å². The summed E-state index contributed by atoms with van der Waals surface area (Å²) in [6, 6.07) is 16.1. The molecule has 0 radical (unpaired) electrons. The number of hydrogen-bond donors (Lipinski definition) is 3. The van der Waals surface area contributed by atoms with E-state index in [0.29, 0.717) is 11.4 Å². The molecule has 2 aromatic carbocycles. The molecule has 0 bridgehead atoms. The maximum atomic E-state index is 12.6. The van der Waals surface area contributed by atoms with Crippen molar-refractivity contribution in [3.63, 3.8) is 0 Å². The minimum atomic E-state index is -1.21. The van der Waals surface area contributed by atoms with Crippen molar-refractivity contribution in [2.75, 3.05) is 12.4 Å². The van der Waals surface area contributed by atoms with E-state index in [1.54, 1.807) is 12.1 Å². The molecule has 1 aromatic heterocycles. The smallest absolute Gasteiger partial charge is 0.337 e. The van der Waals surface area contributed by atoms with E-state index in [1.807, 2.05) is 18.2 Å². The van der Waals surface area contributed by atoms with E-state index < -0.39 is 17.4 Å². The van der Waals surface area contributed by atoms with Crippen molar-refractivity contribution in [2.45, 2.75) is 0 Å². The monoisotopic (exact) mass is 364 g/mol. The lowest BCUT2D eigenvalue weighted by molar-refractivity contribution is 0.0697. The first-order valence-corrected chi connectivity index (χ1v) is 8.00. The van der Waals surface area contributed by atoms with Gasteiger partial charge in [0.1, 0.15) is 5.75 Å². The van der Waals surface area contributed by atoms with Gasteiger partial charge in [0.05, 0.1) is 18.4 Å². The zero-order valence-corrected chi connectivity index (χ0v) is 14.4. The molecule has 3 aromatic rings. The third-order valence-electron chi connectivity index (χ3n) is 3.90. The zero-order valence-electron chi connectivity index (χ0n) is 14.4. The number of aromatic amines is 1. The molecule has 0 atom stereocenters. The van der Waals surface area contributed by atoms with Gasteiger partial charge in [-0.3, -0.25) is 9.59 Å². The van der Waals surface area contributed by atoms with Gasteiger partial charge in [-0.1, -0.05) is 30.3 Å². The fraction of sp³-hybridized carbons (Fsp3) is 0.0500. The predicted octanol–water partition coefficient (Wildman–Crippen LogP) is 3.00. The molecule has 0 aliphatic rings. The van der Waals surface area contributed by atoms with Crippen molar-refractivity contribution in [3.8, 4) is 17.0 Å². The highest BCUT2D eigenvalue weighted by molar-refractivity contribution is 6.08. The topological polar surface area (TPSA) is 108 Å². The van der Waals surface area contributed by atoms with Crippen LogP contribution in [-0.4, -0.2) is 29.1 Å². The van der Waals surface area contributed by atoms with Gasteiger partial charge in [0.2, 0.25) is 5.56 Å². The van der Waals surface area contributed by atoms with Gasteiger partial charge in [0.25, 0.3) is 5.91 Å². The normalized spacial score (nSPS) is 10.3. The van der Waals surface area contributed by atoms with Crippen molar-refractivity contribution < 1.29 is 19.4 Å². The van der Waals surface area contributed by atoms with E-state index in [-0.39, 0.29) is 16.8 Å². The Labute approximate surface area is 154 Å². The van der Waals surface area contributed by atoms with Crippen LogP contribution in [0.25, 0.3) is 11.3 Å². The first-order chi connectivity index (χ1) is 13.0. The van der Waals surface area contributed by atoms with Crippen LogP contribution in [0.3, 0.4) is 0 Å². The number of ether oxygens (including phenoxy) is 1. The maximum Gasteiger partial charge on any atom is 0.337 e. The molecule has 0 aliphatic carbocycles. The largest absolute Gasteiger partial charge is 0.497 e. The number of H-pyrrole nitrogens is 1. The number of carbonyl (C=O) groups is 2.